The van der Waals surface area contributed by atoms with Crippen LogP contribution in [-0.4, -0.2) is 30.9 Å². The summed E-state index contributed by atoms with van der Waals surface area (Å²) in [6.45, 7) is -0.227. The molecule has 7 nitrogen and oxygen atoms in total. The van der Waals surface area contributed by atoms with Crippen LogP contribution in [0.5, 0.6) is 11.5 Å². The third-order valence-corrected chi connectivity index (χ3v) is 6.59. The van der Waals surface area contributed by atoms with Crippen molar-refractivity contribution >= 4 is 55.9 Å². The Balaban J connectivity index is 1.16. The van der Waals surface area contributed by atoms with Crippen LogP contribution in [0.1, 0.15) is 6.42 Å². The van der Waals surface area contributed by atoms with Crippen LogP contribution >= 0.6 is 15.9 Å². The molecule has 0 bridgehead atoms. The van der Waals surface area contributed by atoms with Gasteiger partial charge in [-0.15, -0.1) is 0 Å². The summed E-state index contributed by atoms with van der Waals surface area (Å²) in [5.74, 6) is -0.450. The number of fused-ring (bicyclic) bond motifs is 1. The lowest BCUT2D eigenvalue weighted by Gasteiger charge is -2.17. The molecule has 0 aromatic heterocycles. The van der Waals surface area contributed by atoms with E-state index in [1.54, 1.807) is 53.4 Å². The van der Waals surface area contributed by atoms with Crippen LogP contribution in [0.3, 0.4) is 0 Å². The van der Waals surface area contributed by atoms with Gasteiger partial charge in [0.05, 0.1) is 5.92 Å². The highest BCUT2D eigenvalue weighted by atomic mass is 79.9. The highest BCUT2D eigenvalue weighted by Crippen LogP contribution is 2.32. The number of carbonyl (C=O) groups is 3. The molecule has 1 aliphatic heterocycles. The molecule has 2 amide bonds. The predicted molar refractivity (Wildman–Crippen MR) is 145 cm³/mol. The number of esters is 1. The second-order valence-corrected chi connectivity index (χ2v) is 9.56. The molecule has 186 valence electrons. The average Bonchev–Trinajstić information content (AvgIpc) is 3.31. The Bertz CT molecular complexity index is 1450. The number of anilines is 2. The summed E-state index contributed by atoms with van der Waals surface area (Å²) in [5.41, 5.74) is 1.26. The second kappa shape index (κ2) is 10.8. The van der Waals surface area contributed by atoms with E-state index in [1.165, 1.54) is 0 Å². The van der Waals surface area contributed by atoms with E-state index in [0.717, 1.165) is 21.0 Å². The minimum absolute atomic E-state index is 0.0292. The summed E-state index contributed by atoms with van der Waals surface area (Å²) < 4.78 is 12.1. The van der Waals surface area contributed by atoms with Crippen LogP contribution < -0.4 is 15.0 Å². The molecular formula is C29H23BrN2O5. The smallest absolute Gasteiger partial charge is 0.311 e. The maximum Gasteiger partial charge on any atom is 0.311 e. The van der Waals surface area contributed by atoms with E-state index in [9.17, 15) is 14.4 Å². The molecule has 1 N–H and O–H groups in total. The van der Waals surface area contributed by atoms with Crippen molar-refractivity contribution in [1.82, 2.24) is 0 Å². The molecule has 1 saturated heterocycles. The molecular weight excluding hydrogens is 536 g/mol. The molecule has 0 saturated carbocycles. The van der Waals surface area contributed by atoms with Gasteiger partial charge in [-0.05, 0) is 60.0 Å². The van der Waals surface area contributed by atoms with Crippen molar-refractivity contribution in [3.8, 4) is 11.5 Å². The molecule has 0 aliphatic carbocycles. The Morgan fingerprint density at radius 3 is 2.43 bits per heavy atom. The number of nitrogens with one attached hydrogen (secondary N) is 1. The summed E-state index contributed by atoms with van der Waals surface area (Å²) in [6, 6.07) is 28.1. The first-order valence-corrected chi connectivity index (χ1v) is 12.5. The molecule has 5 rings (SSSR count). The highest BCUT2D eigenvalue weighted by Gasteiger charge is 2.36. The zero-order chi connectivity index (χ0) is 25.8. The van der Waals surface area contributed by atoms with Crippen LogP contribution in [-0.2, 0) is 19.1 Å². The Morgan fingerprint density at radius 1 is 0.919 bits per heavy atom. The van der Waals surface area contributed by atoms with Crippen LogP contribution in [0.4, 0.5) is 11.4 Å². The fraction of sp³-hybridized carbons (Fsp3) is 0.138. The topological polar surface area (TPSA) is 84.9 Å². The number of benzene rings is 4. The molecule has 1 aliphatic rings. The van der Waals surface area contributed by atoms with Gasteiger partial charge in [-0.25, -0.2) is 0 Å². The summed E-state index contributed by atoms with van der Waals surface area (Å²) in [6.07, 6.45) is 0.0292. The Hall–Kier alpha value is -4.17. The van der Waals surface area contributed by atoms with Crippen molar-refractivity contribution in [3.05, 3.63) is 95.5 Å². The lowest BCUT2D eigenvalue weighted by Crippen LogP contribution is -2.28. The van der Waals surface area contributed by atoms with Crippen LogP contribution in [0.25, 0.3) is 10.8 Å². The van der Waals surface area contributed by atoms with E-state index in [2.05, 4.69) is 21.2 Å². The molecule has 8 heteroatoms. The van der Waals surface area contributed by atoms with E-state index >= 15 is 0 Å². The highest BCUT2D eigenvalue weighted by molar-refractivity contribution is 9.10. The minimum atomic E-state index is -0.639. The van der Waals surface area contributed by atoms with E-state index in [4.69, 9.17) is 9.47 Å². The van der Waals surface area contributed by atoms with Crippen LogP contribution in [0.15, 0.2) is 95.5 Å². The van der Waals surface area contributed by atoms with Gasteiger partial charge >= 0.3 is 5.97 Å². The van der Waals surface area contributed by atoms with Gasteiger partial charge < -0.3 is 19.7 Å². The summed E-state index contributed by atoms with van der Waals surface area (Å²) in [4.78, 5) is 38.8. The molecule has 1 heterocycles. The van der Waals surface area contributed by atoms with Gasteiger partial charge in [0.25, 0.3) is 5.91 Å². The molecule has 0 unspecified atom stereocenters. The second-order valence-electron chi connectivity index (χ2n) is 8.64. The lowest BCUT2D eigenvalue weighted by atomic mass is 10.1. The van der Waals surface area contributed by atoms with E-state index in [1.807, 2.05) is 42.5 Å². The Morgan fingerprint density at radius 2 is 1.65 bits per heavy atom. The number of hydrogen-bond acceptors (Lipinski definition) is 5. The summed E-state index contributed by atoms with van der Waals surface area (Å²) in [5, 5.41) is 4.76. The summed E-state index contributed by atoms with van der Waals surface area (Å²) in [7, 11) is 0. The first kappa shape index (κ1) is 24.5. The number of nitrogens with zero attached hydrogens (tertiary/aromatic N) is 1. The van der Waals surface area contributed by atoms with Gasteiger partial charge in [0.2, 0.25) is 5.91 Å². The maximum atomic E-state index is 12.6. The largest absolute Gasteiger partial charge is 0.457 e. The van der Waals surface area contributed by atoms with Crippen molar-refractivity contribution in [2.45, 2.75) is 6.42 Å². The molecule has 1 atom stereocenters. The quantitative estimate of drug-likeness (QED) is 0.284. The minimum Gasteiger partial charge on any atom is -0.457 e. The van der Waals surface area contributed by atoms with E-state index < -0.39 is 24.4 Å². The third kappa shape index (κ3) is 5.81. The molecule has 0 radical (unpaired) electrons. The fourth-order valence-corrected chi connectivity index (χ4v) is 4.47. The van der Waals surface area contributed by atoms with Gasteiger partial charge in [0.1, 0.15) is 11.5 Å². The van der Waals surface area contributed by atoms with E-state index in [0.29, 0.717) is 17.1 Å². The first-order valence-electron chi connectivity index (χ1n) is 11.7. The lowest BCUT2D eigenvalue weighted by molar-refractivity contribution is -0.151. The molecule has 4 aromatic carbocycles. The zero-order valence-electron chi connectivity index (χ0n) is 19.7. The normalized spacial score (nSPS) is 15.0. The van der Waals surface area contributed by atoms with E-state index in [-0.39, 0.29) is 18.9 Å². The van der Waals surface area contributed by atoms with Gasteiger partial charge in [0.15, 0.2) is 6.61 Å². The molecule has 0 spiro atoms. The van der Waals surface area contributed by atoms with Gasteiger partial charge in [-0.2, -0.15) is 0 Å². The number of halogens is 1. The Kier molecular flexibility index (Phi) is 7.18. The number of rotatable bonds is 7. The van der Waals surface area contributed by atoms with Crippen LogP contribution in [0.2, 0.25) is 0 Å². The SMILES string of the molecule is O=C(COC(=O)[C@H]1CC(=O)N(c2ccc(Oc3cccc4ccccc34)cc2)C1)Nc1ccc(Br)cc1. The maximum absolute atomic E-state index is 12.6. The van der Waals surface area contributed by atoms with Crippen molar-refractivity contribution in [2.75, 3.05) is 23.4 Å². The van der Waals surface area contributed by atoms with Crippen molar-refractivity contribution in [2.24, 2.45) is 5.92 Å². The van der Waals surface area contributed by atoms with Gasteiger partial charge in [-0.1, -0.05) is 52.3 Å². The van der Waals surface area contributed by atoms with Crippen molar-refractivity contribution < 1.29 is 23.9 Å². The first-order chi connectivity index (χ1) is 18.0. The number of carbonyl (C=O) groups excluding carboxylic acids is 3. The number of hydrogen-bond donors (Lipinski definition) is 1. The third-order valence-electron chi connectivity index (χ3n) is 6.06. The fourth-order valence-electron chi connectivity index (χ4n) is 4.21. The zero-order valence-corrected chi connectivity index (χ0v) is 21.3. The molecule has 4 aromatic rings. The number of amides is 2. The number of ether oxygens (including phenoxy) is 2. The van der Waals surface area contributed by atoms with Gasteiger partial charge in [0, 0.05) is 34.2 Å². The van der Waals surface area contributed by atoms with Crippen LogP contribution in [0, 0.1) is 5.92 Å². The van der Waals surface area contributed by atoms with Crippen molar-refractivity contribution in [1.29, 1.82) is 0 Å². The monoisotopic (exact) mass is 558 g/mol. The average molecular weight is 559 g/mol. The summed E-state index contributed by atoms with van der Waals surface area (Å²) >= 11 is 3.33. The predicted octanol–water partition coefficient (Wildman–Crippen LogP) is 5.93. The molecule has 37 heavy (non-hydrogen) atoms. The standard InChI is InChI=1S/C29H23BrN2O5/c30-21-8-10-22(11-9-21)31-27(33)18-36-29(35)20-16-28(34)32(17-20)23-12-14-24(15-13-23)37-26-7-3-5-19-4-1-2-6-25(19)26/h1-15,20H,16-18H2,(H,31,33)/t20-/m0/s1. The molecule has 1 fully saturated rings. The van der Waals surface area contributed by atoms with Gasteiger partial charge in [-0.3, -0.25) is 14.4 Å². The Labute approximate surface area is 222 Å². The van der Waals surface area contributed by atoms with Crippen molar-refractivity contribution in [3.63, 3.8) is 0 Å².